The Labute approximate surface area is 251 Å². The lowest BCUT2D eigenvalue weighted by molar-refractivity contribution is 1.28. The van der Waals surface area contributed by atoms with Gasteiger partial charge in [-0.1, -0.05) is 133 Å². The second-order valence-corrected chi connectivity index (χ2v) is 11.0. The molecular weight excluding hydrogens is 518 g/mol. The van der Waals surface area contributed by atoms with Crippen LogP contribution in [0, 0.1) is 0 Å². The van der Waals surface area contributed by atoms with Crippen molar-refractivity contribution in [3.63, 3.8) is 0 Å². The van der Waals surface area contributed by atoms with Gasteiger partial charge in [-0.15, -0.1) is 0 Å². The van der Waals surface area contributed by atoms with Crippen molar-refractivity contribution in [1.29, 1.82) is 0 Å². The topological polar surface area (TPSA) is 3.24 Å². The van der Waals surface area contributed by atoms with Crippen molar-refractivity contribution in [2.24, 2.45) is 0 Å². The highest BCUT2D eigenvalue weighted by atomic mass is 15.1. The molecule has 0 unspecified atom stereocenters. The minimum atomic E-state index is 1.12. The lowest BCUT2D eigenvalue weighted by Crippen LogP contribution is -2.09. The Bertz CT molecular complexity index is 2220. The van der Waals surface area contributed by atoms with Crippen molar-refractivity contribution in [2.75, 3.05) is 4.90 Å². The van der Waals surface area contributed by atoms with E-state index in [1.807, 2.05) is 0 Å². The van der Waals surface area contributed by atoms with Gasteiger partial charge in [-0.25, -0.2) is 0 Å². The highest BCUT2D eigenvalue weighted by Crippen LogP contribution is 2.39. The summed E-state index contributed by atoms with van der Waals surface area (Å²) in [5, 5.41) is 7.72. The fourth-order valence-electron chi connectivity index (χ4n) is 6.30. The SMILES string of the molecule is c1ccc(-c2ccc(N(c3ccccc3)c3cccc(-c4ccc5c(ccc6ccc7ccccc7c65)c4)c3)cc2)cc1. The lowest BCUT2D eigenvalue weighted by atomic mass is 9.94. The number of rotatable bonds is 5. The van der Waals surface area contributed by atoms with Crippen LogP contribution in [0.15, 0.2) is 176 Å². The van der Waals surface area contributed by atoms with Gasteiger partial charge in [-0.2, -0.15) is 0 Å². The van der Waals surface area contributed by atoms with Crippen molar-refractivity contribution in [3.8, 4) is 22.3 Å². The largest absolute Gasteiger partial charge is 0.310 e. The Balaban J connectivity index is 1.22. The molecule has 0 fully saturated rings. The van der Waals surface area contributed by atoms with Crippen LogP contribution in [0.3, 0.4) is 0 Å². The molecule has 0 radical (unpaired) electrons. The molecule has 1 nitrogen and oxygen atoms in total. The molecule has 8 rings (SSSR count). The van der Waals surface area contributed by atoms with Crippen LogP contribution in [0.4, 0.5) is 17.1 Å². The standard InChI is InChI=1S/C42H29N/c1-3-10-30(11-4-1)31-22-25-38(26-23-31)43(37-14-5-2-6-15-37)39-16-9-13-34(29-39)35-24-27-41-36(28-35)21-20-33-19-18-32-12-7-8-17-40(32)42(33)41/h1-29H. The first-order chi connectivity index (χ1) is 21.3. The molecule has 0 saturated heterocycles. The number of benzene rings is 8. The molecule has 0 N–H and O–H groups in total. The number of fused-ring (bicyclic) bond motifs is 5. The Morgan fingerprint density at radius 2 is 0.814 bits per heavy atom. The maximum atomic E-state index is 2.33. The van der Waals surface area contributed by atoms with Crippen molar-refractivity contribution < 1.29 is 0 Å². The zero-order chi connectivity index (χ0) is 28.6. The van der Waals surface area contributed by atoms with Gasteiger partial charge in [0.1, 0.15) is 0 Å². The van der Waals surface area contributed by atoms with Gasteiger partial charge in [0, 0.05) is 17.1 Å². The first kappa shape index (κ1) is 25.1. The summed E-state index contributed by atoms with van der Waals surface area (Å²) in [6.07, 6.45) is 0. The molecule has 0 aliphatic carbocycles. The van der Waals surface area contributed by atoms with E-state index in [2.05, 4.69) is 181 Å². The van der Waals surface area contributed by atoms with Gasteiger partial charge in [-0.3, -0.25) is 0 Å². The predicted octanol–water partition coefficient (Wildman–Crippen LogP) is 11.9. The molecule has 43 heavy (non-hydrogen) atoms. The van der Waals surface area contributed by atoms with E-state index in [1.54, 1.807) is 0 Å². The Kier molecular flexibility index (Phi) is 6.20. The molecule has 8 aromatic carbocycles. The van der Waals surface area contributed by atoms with E-state index in [4.69, 9.17) is 0 Å². The summed E-state index contributed by atoms with van der Waals surface area (Å²) in [6.45, 7) is 0. The van der Waals surface area contributed by atoms with Crippen molar-refractivity contribution >= 4 is 49.4 Å². The molecule has 0 amide bonds. The Morgan fingerprint density at radius 1 is 0.279 bits per heavy atom. The van der Waals surface area contributed by atoms with Gasteiger partial charge >= 0.3 is 0 Å². The van der Waals surface area contributed by atoms with E-state index in [1.165, 1.54) is 54.6 Å². The molecule has 0 bridgehead atoms. The van der Waals surface area contributed by atoms with Crippen LogP contribution < -0.4 is 4.90 Å². The third kappa shape index (κ3) is 4.62. The monoisotopic (exact) mass is 547 g/mol. The van der Waals surface area contributed by atoms with Gasteiger partial charge in [0.05, 0.1) is 0 Å². The Morgan fingerprint density at radius 3 is 1.63 bits per heavy atom. The van der Waals surface area contributed by atoms with Crippen molar-refractivity contribution in [1.82, 2.24) is 0 Å². The fourth-order valence-corrected chi connectivity index (χ4v) is 6.30. The molecule has 0 spiro atoms. The summed E-state index contributed by atoms with van der Waals surface area (Å²) in [4.78, 5) is 2.33. The van der Waals surface area contributed by atoms with Crippen molar-refractivity contribution in [3.05, 3.63) is 176 Å². The third-order valence-corrected chi connectivity index (χ3v) is 8.41. The molecule has 8 aromatic rings. The Hall–Kier alpha value is -5.66. The fraction of sp³-hybridized carbons (Fsp3) is 0. The first-order valence-electron chi connectivity index (χ1n) is 14.8. The van der Waals surface area contributed by atoms with Crippen LogP contribution >= 0.6 is 0 Å². The minimum absolute atomic E-state index is 1.12. The summed E-state index contributed by atoms with van der Waals surface area (Å²) in [5.41, 5.74) is 8.22. The molecule has 0 atom stereocenters. The second kappa shape index (κ2) is 10.6. The predicted molar refractivity (Wildman–Crippen MR) is 185 cm³/mol. The van der Waals surface area contributed by atoms with E-state index in [9.17, 15) is 0 Å². The molecule has 202 valence electrons. The number of anilines is 3. The van der Waals surface area contributed by atoms with Gasteiger partial charge in [0.15, 0.2) is 0 Å². The van der Waals surface area contributed by atoms with Gasteiger partial charge < -0.3 is 4.90 Å². The maximum Gasteiger partial charge on any atom is 0.0467 e. The minimum Gasteiger partial charge on any atom is -0.310 e. The quantitative estimate of drug-likeness (QED) is 0.194. The van der Waals surface area contributed by atoms with Crippen molar-refractivity contribution in [2.45, 2.75) is 0 Å². The summed E-state index contributed by atoms with van der Waals surface area (Å²) >= 11 is 0. The van der Waals surface area contributed by atoms with Crippen LogP contribution in [-0.4, -0.2) is 0 Å². The van der Waals surface area contributed by atoms with E-state index < -0.39 is 0 Å². The third-order valence-electron chi connectivity index (χ3n) is 8.41. The zero-order valence-electron chi connectivity index (χ0n) is 23.7. The summed E-state index contributed by atoms with van der Waals surface area (Å²) in [6, 6.07) is 63.4. The number of nitrogens with zero attached hydrogens (tertiary/aromatic N) is 1. The van der Waals surface area contributed by atoms with Crippen LogP contribution in [-0.2, 0) is 0 Å². The molecule has 0 aliphatic heterocycles. The van der Waals surface area contributed by atoms with E-state index in [-0.39, 0.29) is 0 Å². The lowest BCUT2D eigenvalue weighted by Gasteiger charge is -2.26. The normalized spacial score (nSPS) is 11.3. The molecule has 0 heterocycles. The highest BCUT2D eigenvalue weighted by molar-refractivity contribution is 6.20. The van der Waals surface area contributed by atoms with E-state index in [0.717, 1.165) is 17.1 Å². The molecular formula is C42H29N. The molecule has 0 aromatic heterocycles. The summed E-state index contributed by atoms with van der Waals surface area (Å²) in [5.74, 6) is 0. The van der Waals surface area contributed by atoms with Crippen LogP contribution in [0.2, 0.25) is 0 Å². The van der Waals surface area contributed by atoms with Gasteiger partial charge in [0.2, 0.25) is 0 Å². The molecule has 0 aliphatic rings. The van der Waals surface area contributed by atoms with Crippen LogP contribution in [0.25, 0.3) is 54.6 Å². The summed E-state index contributed by atoms with van der Waals surface area (Å²) in [7, 11) is 0. The van der Waals surface area contributed by atoms with Crippen LogP contribution in [0.1, 0.15) is 0 Å². The summed E-state index contributed by atoms with van der Waals surface area (Å²) < 4.78 is 0. The second-order valence-electron chi connectivity index (χ2n) is 11.0. The smallest absolute Gasteiger partial charge is 0.0467 e. The number of hydrogen-bond acceptors (Lipinski definition) is 1. The molecule has 1 heteroatoms. The van der Waals surface area contributed by atoms with Crippen LogP contribution in [0.5, 0.6) is 0 Å². The van der Waals surface area contributed by atoms with Gasteiger partial charge in [0.25, 0.3) is 0 Å². The average molecular weight is 548 g/mol. The molecule has 0 saturated carbocycles. The zero-order valence-corrected chi connectivity index (χ0v) is 23.7. The highest BCUT2D eigenvalue weighted by Gasteiger charge is 2.14. The maximum absolute atomic E-state index is 2.33. The van der Waals surface area contributed by atoms with Gasteiger partial charge in [-0.05, 0) is 97.0 Å². The van der Waals surface area contributed by atoms with E-state index in [0.29, 0.717) is 0 Å². The first-order valence-corrected chi connectivity index (χ1v) is 14.8. The average Bonchev–Trinajstić information content (AvgIpc) is 3.09. The number of para-hydroxylation sites is 1. The number of hydrogen-bond donors (Lipinski definition) is 0. The van der Waals surface area contributed by atoms with E-state index >= 15 is 0 Å².